The van der Waals surface area contributed by atoms with Crippen molar-refractivity contribution in [2.75, 3.05) is 17.2 Å². The van der Waals surface area contributed by atoms with Crippen LogP contribution in [0.3, 0.4) is 0 Å². The first-order chi connectivity index (χ1) is 14.2. The van der Waals surface area contributed by atoms with Crippen molar-refractivity contribution in [3.8, 4) is 0 Å². The Hall–Kier alpha value is -2.98. The standard InChI is InChI=1S/C19H17BrClN3O6/c20-12-7-8-16(15(21)9-12)23-18(26)11-30-19(27)6-2-5-17(25)22-13-3-1-4-14(10-13)24(28)29/h1,3-4,7-10H,2,5-6,11H2,(H,22,25)(H,23,26). The van der Waals surface area contributed by atoms with Gasteiger partial charge in [-0.15, -0.1) is 0 Å². The number of carbonyl (C=O) groups excluding carboxylic acids is 3. The Morgan fingerprint density at radius 2 is 1.83 bits per heavy atom. The lowest BCUT2D eigenvalue weighted by atomic mass is 10.2. The van der Waals surface area contributed by atoms with E-state index in [1.807, 2.05) is 0 Å². The van der Waals surface area contributed by atoms with E-state index in [1.54, 1.807) is 18.2 Å². The molecule has 2 aromatic carbocycles. The number of hydrogen-bond acceptors (Lipinski definition) is 6. The Morgan fingerprint density at radius 1 is 1.07 bits per heavy atom. The van der Waals surface area contributed by atoms with Crippen molar-refractivity contribution in [1.82, 2.24) is 0 Å². The zero-order valence-electron chi connectivity index (χ0n) is 15.5. The number of ether oxygens (including phenoxy) is 1. The number of nitro benzene ring substituents is 1. The normalized spacial score (nSPS) is 10.2. The lowest BCUT2D eigenvalue weighted by molar-refractivity contribution is -0.384. The fourth-order valence-corrected chi connectivity index (χ4v) is 3.03. The molecule has 0 aliphatic heterocycles. The van der Waals surface area contributed by atoms with Gasteiger partial charge < -0.3 is 15.4 Å². The van der Waals surface area contributed by atoms with Gasteiger partial charge in [0.15, 0.2) is 6.61 Å². The summed E-state index contributed by atoms with van der Waals surface area (Å²) in [6, 6.07) is 10.4. The van der Waals surface area contributed by atoms with Crippen LogP contribution in [0.2, 0.25) is 5.02 Å². The number of carbonyl (C=O) groups is 3. The van der Waals surface area contributed by atoms with E-state index < -0.39 is 29.3 Å². The van der Waals surface area contributed by atoms with Crippen LogP contribution in [-0.4, -0.2) is 29.3 Å². The van der Waals surface area contributed by atoms with Crippen LogP contribution < -0.4 is 10.6 Å². The quantitative estimate of drug-likeness (QED) is 0.301. The SMILES string of the molecule is O=C(CCCC(=O)OCC(=O)Nc1ccc(Br)cc1Cl)Nc1cccc([N+](=O)[O-])c1. The summed E-state index contributed by atoms with van der Waals surface area (Å²) < 4.78 is 5.63. The number of nitro groups is 1. The van der Waals surface area contributed by atoms with Crippen molar-refractivity contribution in [3.63, 3.8) is 0 Å². The van der Waals surface area contributed by atoms with Crippen LogP contribution in [0.15, 0.2) is 46.9 Å². The molecule has 0 fully saturated rings. The van der Waals surface area contributed by atoms with E-state index in [9.17, 15) is 24.5 Å². The maximum atomic E-state index is 11.9. The molecule has 0 bridgehead atoms. The Balaban J connectivity index is 1.68. The van der Waals surface area contributed by atoms with Gasteiger partial charge in [-0.25, -0.2) is 0 Å². The van der Waals surface area contributed by atoms with Gasteiger partial charge in [-0.3, -0.25) is 24.5 Å². The first kappa shape index (κ1) is 23.3. The van der Waals surface area contributed by atoms with Crippen molar-refractivity contribution in [1.29, 1.82) is 0 Å². The summed E-state index contributed by atoms with van der Waals surface area (Å²) in [4.78, 5) is 45.6. The van der Waals surface area contributed by atoms with Gasteiger partial charge in [0.2, 0.25) is 5.91 Å². The molecule has 158 valence electrons. The molecule has 0 atom stereocenters. The van der Waals surface area contributed by atoms with Crippen LogP contribution >= 0.6 is 27.5 Å². The highest BCUT2D eigenvalue weighted by molar-refractivity contribution is 9.10. The van der Waals surface area contributed by atoms with Crippen LogP contribution in [0.1, 0.15) is 19.3 Å². The number of non-ortho nitro benzene ring substituents is 1. The molecule has 0 aliphatic carbocycles. The summed E-state index contributed by atoms with van der Waals surface area (Å²) in [5, 5.41) is 16.1. The molecule has 0 saturated carbocycles. The molecule has 2 N–H and O–H groups in total. The minimum absolute atomic E-state index is 0.0124. The highest BCUT2D eigenvalue weighted by atomic mass is 79.9. The number of amides is 2. The largest absolute Gasteiger partial charge is 0.456 e. The van der Waals surface area contributed by atoms with E-state index in [4.69, 9.17) is 16.3 Å². The molecule has 0 saturated heterocycles. The molecule has 11 heteroatoms. The van der Waals surface area contributed by atoms with Crippen LogP contribution in [0, 0.1) is 10.1 Å². The Morgan fingerprint density at radius 3 is 2.53 bits per heavy atom. The molecule has 2 aromatic rings. The number of nitrogens with one attached hydrogen (secondary N) is 2. The summed E-state index contributed by atoms with van der Waals surface area (Å²) in [5.74, 6) is -1.57. The van der Waals surface area contributed by atoms with E-state index in [2.05, 4.69) is 26.6 Å². The average molecular weight is 499 g/mol. The smallest absolute Gasteiger partial charge is 0.306 e. The van der Waals surface area contributed by atoms with Crippen LogP contribution in [0.25, 0.3) is 0 Å². The molecule has 30 heavy (non-hydrogen) atoms. The molecule has 0 aromatic heterocycles. The number of nitrogens with zero attached hydrogens (tertiary/aromatic N) is 1. The molecule has 0 radical (unpaired) electrons. The summed E-state index contributed by atoms with van der Waals surface area (Å²) in [7, 11) is 0. The molecule has 0 aliphatic rings. The highest BCUT2D eigenvalue weighted by Gasteiger charge is 2.12. The van der Waals surface area contributed by atoms with Crippen molar-refractivity contribution >= 4 is 62.4 Å². The molecule has 2 rings (SSSR count). The zero-order chi connectivity index (χ0) is 22.1. The number of rotatable bonds is 9. The Labute approximate surface area is 185 Å². The lowest BCUT2D eigenvalue weighted by Gasteiger charge is -2.08. The van der Waals surface area contributed by atoms with E-state index in [-0.39, 0.29) is 24.9 Å². The van der Waals surface area contributed by atoms with Gasteiger partial charge >= 0.3 is 5.97 Å². The van der Waals surface area contributed by atoms with Gasteiger partial charge in [0.1, 0.15) is 0 Å². The summed E-state index contributed by atoms with van der Waals surface area (Å²) >= 11 is 9.24. The average Bonchev–Trinajstić information content (AvgIpc) is 2.68. The molecule has 0 spiro atoms. The Bertz CT molecular complexity index is 969. The zero-order valence-corrected chi connectivity index (χ0v) is 17.9. The summed E-state index contributed by atoms with van der Waals surface area (Å²) in [6.45, 7) is -0.481. The first-order valence-electron chi connectivity index (χ1n) is 8.69. The second kappa shape index (κ2) is 11.3. The lowest BCUT2D eigenvalue weighted by Crippen LogP contribution is -2.21. The summed E-state index contributed by atoms with van der Waals surface area (Å²) in [5.41, 5.74) is 0.540. The maximum absolute atomic E-state index is 11.9. The predicted molar refractivity (Wildman–Crippen MR) is 114 cm³/mol. The number of halogens is 2. The molecule has 0 heterocycles. The maximum Gasteiger partial charge on any atom is 0.306 e. The number of hydrogen-bond donors (Lipinski definition) is 2. The molecule has 2 amide bonds. The molecule has 0 unspecified atom stereocenters. The van der Waals surface area contributed by atoms with Gasteiger partial charge in [0.05, 0.1) is 15.6 Å². The highest BCUT2D eigenvalue weighted by Crippen LogP contribution is 2.25. The van der Waals surface area contributed by atoms with Gasteiger partial charge in [-0.05, 0) is 30.7 Å². The third-order valence-electron chi connectivity index (χ3n) is 3.69. The number of benzene rings is 2. The van der Waals surface area contributed by atoms with Gasteiger partial charge in [0.25, 0.3) is 11.6 Å². The number of esters is 1. The van der Waals surface area contributed by atoms with Crippen LogP contribution in [0.4, 0.5) is 17.1 Å². The fraction of sp³-hybridized carbons (Fsp3) is 0.211. The Kier molecular flexibility index (Phi) is 8.75. The minimum atomic E-state index is -0.629. The van der Waals surface area contributed by atoms with E-state index in [1.165, 1.54) is 24.3 Å². The molecule has 9 nitrogen and oxygen atoms in total. The van der Waals surface area contributed by atoms with Crippen molar-refractivity contribution < 1.29 is 24.0 Å². The van der Waals surface area contributed by atoms with Gasteiger partial charge in [-0.1, -0.05) is 33.6 Å². The second-order valence-electron chi connectivity index (χ2n) is 6.04. The molecular weight excluding hydrogens is 482 g/mol. The van der Waals surface area contributed by atoms with Gasteiger partial charge in [-0.2, -0.15) is 0 Å². The van der Waals surface area contributed by atoms with E-state index >= 15 is 0 Å². The van der Waals surface area contributed by atoms with Crippen LogP contribution in [0.5, 0.6) is 0 Å². The van der Waals surface area contributed by atoms with Crippen molar-refractivity contribution in [3.05, 3.63) is 62.1 Å². The third-order valence-corrected chi connectivity index (χ3v) is 4.50. The van der Waals surface area contributed by atoms with E-state index in [0.717, 1.165) is 4.47 Å². The molecular formula is C19H17BrClN3O6. The number of anilines is 2. The first-order valence-corrected chi connectivity index (χ1v) is 9.86. The fourth-order valence-electron chi connectivity index (χ4n) is 2.31. The van der Waals surface area contributed by atoms with Crippen molar-refractivity contribution in [2.24, 2.45) is 0 Å². The van der Waals surface area contributed by atoms with E-state index in [0.29, 0.717) is 16.4 Å². The predicted octanol–water partition coefficient (Wildman–Crippen LogP) is 4.30. The second-order valence-corrected chi connectivity index (χ2v) is 7.37. The third kappa shape index (κ3) is 7.80. The topological polar surface area (TPSA) is 128 Å². The monoisotopic (exact) mass is 497 g/mol. The minimum Gasteiger partial charge on any atom is -0.456 e. The van der Waals surface area contributed by atoms with Crippen molar-refractivity contribution in [2.45, 2.75) is 19.3 Å². The van der Waals surface area contributed by atoms with Crippen LogP contribution in [-0.2, 0) is 19.1 Å². The summed E-state index contributed by atoms with van der Waals surface area (Å²) in [6.07, 6.45) is 0.146. The van der Waals surface area contributed by atoms with Gasteiger partial charge in [0, 0.05) is 35.1 Å².